The molecule has 1 aromatic carbocycles. The Morgan fingerprint density at radius 2 is 1.67 bits per heavy atom. The molecule has 3 N–H and O–H groups in total. The van der Waals surface area contributed by atoms with Crippen LogP contribution in [0.2, 0.25) is 0 Å². The fourth-order valence-electron chi connectivity index (χ4n) is 1.79. The molecule has 0 aliphatic rings. The zero-order chi connectivity index (χ0) is 11.5. The van der Waals surface area contributed by atoms with Gasteiger partial charge in [-0.2, -0.15) is 0 Å². The van der Waals surface area contributed by atoms with Crippen LogP contribution in [-0.4, -0.2) is 0 Å². The van der Waals surface area contributed by atoms with Crippen molar-refractivity contribution in [3.8, 4) is 0 Å². The monoisotopic (exact) mass is 206 g/mol. The molecule has 0 aromatic heterocycles. The van der Waals surface area contributed by atoms with E-state index in [2.05, 4.69) is 57.4 Å². The highest BCUT2D eigenvalue weighted by molar-refractivity contribution is 5.26. The van der Waals surface area contributed by atoms with Crippen LogP contribution in [0.4, 0.5) is 0 Å². The van der Waals surface area contributed by atoms with Crippen molar-refractivity contribution in [2.75, 3.05) is 0 Å². The molecule has 0 saturated heterocycles. The first-order valence-electron chi connectivity index (χ1n) is 5.51. The van der Waals surface area contributed by atoms with Crippen LogP contribution in [0.25, 0.3) is 0 Å². The molecule has 1 aromatic rings. The van der Waals surface area contributed by atoms with Crippen molar-refractivity contribution in [2.45, 2.75) is 39.7 Å². The largest absolute Gasteiger partial charge is 0.271 e. The number of nitrogens with two attached hydrogens (primary N) is 1. The van der Waals surface area contributed by atoms with Crippen LogP contribution in [0, 0.1) is 5.41 Å². The van der Waals surface area contributed by atoms with Crippen molar-refractivity contribution in [2.24, 2.45) is 11.3 Å². The molecule has 0 saturated carbocycles. The third-order valence-electron chi connectivity index (χ3n) is 3.88. The minimum atomic E-state index is -0.191. The first-order valence-corrected chi connectivity index (χ1v) is 5.51. The molecule has 0 spiro atoms. The van der Waals surface area contributed by atoms with Gasteiger partial charge in [0.2, 0.25) is 0 Å². The van der Waals surface area contributed by atoms with E-state index >= 15 is 0 Å². The van der Waals surface area contributed by atoms with E-state index < -0.39 is 0 Å². The Kier molecular flexibility index (Phi) is 3.53. The molecule has 2 nitrogen and oxygen atoms in total. The summed E-state index contributed by atoms with van der Waals surface area (Å²) in [5.41, 5.74) is 4.14. The third kappa shape index (κ3) is 2.06. The normalized spacial score (nSPS) is 16.1. The third-order valence-corrected chi connectivity index (χ3v) is 3.88. The van der Waals surface area contributed by atoms with Gasteiger partial charge in [0.05, 0.1) is 5.54 Å². The summed E-state index contributed by atoms with van der Waals surface area (Å²) in [4.78, 5) is 0. The van der Waals surface area contributed by atoms with Crippen LogP contribution >= 0.6 is 0 Å². The van der Waals surface area contributed by atoms with Crippen LogP contribution in [0.15, 0.2) is 30.3 Å². The molecule has 0 bridgehead atoms. The topological polar surface area (TPSA) is 38.0 Å². The van der Waals surface area contributed by atoms with Crippen molar-refractivity contribution in [3.05, 3.63) is 35.9 Å². The van der Waals surface area contributed by atoms with Crippen molar-refractivity contribution >= 4 is 0 Å². The number of rotatable bonds is 4. The lowest BCUT2D eigenvalue weighted by Crippen LogP contribution is -2.53. The van der Waals surface area contributed by atoms with E-state index in [9.17, 15) is 0 Å². The molecule has 0 heterocycles. The molecule has 0 amide bonds. The predicted octanol–water partition coefficient (Wildman–Crippen LogP) is 2.80. The average molecular weight is 206 g/mol. The van der Waals surface area contributed by atoms with Gasteiger partial charge >= 0.3 is 0 Å². The summed E-state index contributed by atoms with van der Waals surface area (Å²) >= 11 is 0. The van der Waals surface area contributed by atoms with Crippen LogP contribution in [0.5, 0.6) is 0 Å². The average Bonchev–Trinajstić information content (AvgIpc) is 2.29. The van der Waals surface area contributed by atoms with E-state index in [1.165, 1.54) is 5.56 Å². The number of hydrogen-bond acceptors (Lipinski definition) is 2. The van der Waals surface area contributed by atoms with Gasteiger partial charge in [0, 0.05) is 0 Å². The van der Waals surface area contributed by atoms with Gasteiger partial charge < -0.3 is 0 Å². The molecule has 15 heavy (non-hydrogen) atoms. The smallest absolute Gasteiger partial charge is 0.0592 e. The maximum atomic E-state index is 5.75. The van der Waals surface area contributed by atoms with Gasteiger partial charge in [-0.3, -0.25) is 5.84 Å². The Balaban J connectivity index is 3.17. The molecule has 0 radical (unpaired) electrons. The molecule has 1 unspecified atom stereocenters. The Morgan fingerprint density at radius 1 is 1.13 bits per heavy atom. The molecule has 1 atom stereocenters. The summed E-state index contributed by atoms with van der Waals surface area (Å²) in [6.45, 7) is 8.82. The SMILES string of the molecule is CCC(C)(C)C(C)(NN)c1ccccc1. The molecule has 0 aliphatic heterocycles. The van der Waals surface area contributed by atoms with Crippen LogP contribution < -0.4 is 11.3 Å². The Morgan fingerprint density at radius 3 is 2.07 bits per heavy atom. The van der Waals surface area contributed by atoms with Gasteiger partial charge in [-0.05, 0) is 24.3 Å². The lowest BCUT2D eigenvalue weighted by Gasteiger charge is -2.44. The summed E-state index contributed by atoms with van der Waals surface area (Å²) < 4.78 is 0. The molecule has 0 fully saturated rings. The standard InChI is InChI=1S/C13H22N2/c1-5-12(2,3)13(4,15-14)11-9-7-6-8-10-11/h6-10,15H,5,14H2,1-4H3. The van der Waals surface area contributed by atoms with Gasteiger partial charge in [0.25, 0.3) is 0 Å². The lowest BCUT2D eigenvalue weighted by atomic mass is 9.68. The van der Waals surface area contributed by atoms with Crippen LogP contribution in [0.1, 0.15) is 39.7 Å². The van der Waals surface area contributed by atoms with E-state index in [4.69, 9.17) is 5.84 Å². The summed E-state index contributed by atoms with van der Waals surface area (Å²) in [6, 6.07) is 10.4. The summed E-state index contributed by atoms with van der Waals surface area (Å²) in [5, 5.41) is 0. The molecule has 84 valence electrons. The van der Waals surface area contributed by atoms with Crippen molar-refractivity contribution in [3.63, 3.8) is 0 Å². The van der Waals surface area contributed by atoms with Gasteiger partial charge in [-0.15, -0.1) is 0 Å². The predicted molar refractivity (Wildman–Crippen MR) is 65.2 cm³/mol. The van der Waals surface area contributed by atoms with E-state index in [0.29, 0.717) is 0 Å². The fourth-order valence-corrected chi connectivity index (χ4v) is 1.79. The van der Waals surface area contributed by atoms with Gasteiger partial charge in [-0.1, -0.05) is 51.1 Å². The Bertz CT molecular complexity index is 306. The minimum Gasteiger partial charge on any atom is -0.271 e. The quantitative estimate of drug-likeness (QED) is 0.587. The second-order valence-electron chi connectivity index (χ2n) is 4.87. The number of nitrogens with one attached hydrogen (secondary N) is 1. The van der Waals surface area contributed by atoms with E-state index in [1.54, 1.807) is 0 Å². The van der Waals surface area contributed by atoms with Gasteiger partial charge in [0.1, 0.15) is 0 Å². The minimum absolute atomic E-state index is 0.114. The molecular weight excluding hydrogens is 184 g/mol. The maximum Gasteiger partial charge on any atom is 0.0592 e. The lowest BCUT2D eigenvalue weighted by molar-refractivity contribution is 0.129. The molecule has 1 rings (SSSR count). The summed E-state index contributed by atoms with van der Waals surface area (Å²) in [5.74, 6) is 5.75. The van der Waals surface area contributed by atoms with Crippen LogP contribution in [0.3, 0.4) is 0 Å². The highest BCUT2D eigenvalue weighted by Gasteiger charge is 2.40. The molecular formula is C13H22N2. The number of hydrogen-bond donors (Lipinski definition) is 2. The first kappa shape index (κ1) is 12.2. The zero-order valence-electron chi connectivity index (χ0n) is 10.2. The fraction of sp³-hybridized carbons (Fsp3) is 0.538. The second-order valence-corrected chi connectivity index (χ2v) is 4.87. The van der Waals surface area contributed by atoms with Gasteiger partial charge in [-0.25, -0.2) is 5.43 Å². The highest BCUT2D eigenvalue weighted by atomic mass is 15.3. The molecule has 0 aliphatic carbocycles. The number of hydrazine groups is 1. The number of benzene rings is 1. The van der Waals surface area contributed by atoms with Crippen molar-refractivity contribution < 1.29 is 0 Å². The van der Waals surface area contributed by atoms with E-state index in [-0.39, 0.29) is 11.0 Å². The summed E-state index contributed by atoms with van der Waals surface area (Å²) in [7, 11) is 0. The van der Waals surface area contributed by atoms with Crippen molar-refractivity contribution in [1.82, 2.24) is 5.43 Å². The zero-order valence-corrected chi connectivity index (χ0v) is 10.2. The van der Waals surface area contributed by atoms with E-state index in [0.717, 1.165) is 6.42 Å². The first-order chi connectivity index (χ1) is 6.98. The second kappa shape index (κ2) is 4.33. The highest BCUT2D eigenvalue weighted by Crippen LogP contribution is 2.40. The molecule has 2 heteroatoms. The summed E-state index contributed by atoms with van der Waals surface area (Å²) in [6.07, 6.45) is 1.07. The maximum absolute atomic E-state index is 5.75. The Labute approximate surface area is 92.8 Å². The Hall–Kier alpha value is -0.860. The van der Waals surface area contributed by atoms with E-state index in [1.807, 2.05) is 6.07 Å². The van der Waals surface area contributed by atoms with Crippen molar-refractivity contribution in [1.29, 1.82) is 0 Å². The van der Waals surface area contributed by atoms with Gasteiger partial charge in [0.15, 0.2) is 0 Å². The van der Waals surface area contributed by atoms with Crippen LogP contribution in [-0.2, 0) is 5.54 Å².